The Hall–Kier alpha value is -6.00. The van der Waals surface area contributed by atoms with Crippen LogP contribution in [-0.2, 0) is 37.9 Å². The first-order valence-corrected chi connectivity index (χ1v) is 30.3. The van der Waals surface area contributed by atoms with E-state index in [9.17, 15) is 0 Å². The summed E-state index contributed by atoms with van der Waals surface area (Å²) < 4.78 is 0. The van der Waals surface area contributed by atoms with Gasteiger partial charge in [-0.2, -0.15) is 0 Å². The molecule has 0 aromatic heterocycles. The molecule has 3 nitrogen and oxygen atoms in total. The van der Waals surface area contributed by atoms with Crippen molar-refractivity contribution in [1.82, 2.24) is 0 Å². The lowest BCUT2D eigenvalue weighted by molar-refractivity contribution is 0.195. The average molecular weight is 1040 g/mol. The Labute approximate surface area is 476 Å². The molecule has 3 aliphatic heterocycles. The van der Waals surface area contributed by atoms with Crippen molar-refractivity contribution in [2.45, 2.75) is 213 Å². The maximum absolute atomic E-state index is 2.83. The minimum Gasteiger partial charge on any atom is -0.334 e. The fourth-order valence-corrected chi connectivity index (χ4v) is 16.8. The summed E-state index contributed by atoms with van der Waals surface area (Å²) in [5.41, 5.74) is 30.2. The first-order valence-electron chi connectivity index (χ1n) is 30.3. The lowest BCUT2D eigenvalue weighted by atomic mass is 9.33. The highest BCUT2D eigenvalue weighted by molar-refractivity contribution is 7.00. The van der Waals surface area contributed by atoms with E-state index in [1.807, 2.05) is 0 Å². The number of benzene rings is 7. The molecule has 0 amide bonds. The van der Waals surface area contributed by atoms with Crippen molar-refractivity contribution in [3.8, 4) is 11.1 Å². The Morgan fingerprint density at radius 3 is 1.62 bits per heavy atom. The van der Waals surface area contributed by atoms with E-state index in [0.717, 1.165) is 12.8 Å². The lowest BCUT2D eigenvalue weighted by Gasteiger charge is -2.51. The van der Waals surface area contributed by atoms with Crippen LogP contribution in [-0.4, -0.2) is 12.3 Å². The Morgan fingerprint density at radius 2 is 0.975 bits per heavy atom. The fourth-order valence-electron chi connectivity index (χ4n) is 16.8. The molecule has 0 radical (unpaired) electrons. The van der Waals surface area contributed by atoms with Crippen LogP contribution >= 0.6 is 0 Å². The van der Waals surface area contributed by atoms with Crippen molar-refractivity contribution in [1.29, 1.82) is 0 Å². The van der Waals surface area contributed by atoms with Gasteiger partial charge in [0.15, 0.2) is 0 Å². The summed E-state index contributed by atoms with van der Waals surface area (Å²) in [6, 6.07) is 49.6. The Bertz CT molecular complexity index is 3710. The highest BCUT2D eigenvalue weighted by atomic mass is 15.3. The molecular weight excluding hydrogens is 954 g/mol. The first-order chi connectivity index (χ1) is 36.9. The normalized spacial score (nSPS) is 22.6. The van der Waals surface area contributed by atoms with E-state index in [1.54, 1.807) is 0 Å². The third kappa shape index (κ3) is 7.56. The van der Waals surface area contributed by atoms with Crippen LogP contribution in [0.1, 0.15) is 206 Å². The molecule has 7 aromatic carbocycles. The topological polar surface area (TPSA) is 9.72 Å². The van der Waals surface area contributed by atoms with Crippen LogP contribution < -0.4 is 31.1 Å². The molecule has 13 rings (SSSR count). The maximum atomic E-state index is 2.83. The van der Waals surface area contributed by atoms with Gasteiger partial charge in [-0.3, -0.25) is 0 Å². The molecule has 3 heterocycles. The summed E-state index contributed by atoms with van der Waals surface area (Å²) in [5, 5.41) is 0. The highest BCUT2D eigenvalue weighted by Gasteiger charge is 2.58. The predicted molar refractivity (Wildman–Crippen MR) is 342 cm³/mol. The number of nitrogens with zero attached hydrogens (tertiary/aromatic N) is 3. The summed E-state index contributed by atoms with van der Waals surface area (Å²) >= 11 is 0. The summed E-state index contributed by atoms with van der Waals surface area (Å²) in [5.74, 6) is 0. The lowest BCUT2D eigenvalue weighted by Crippen LogP contribution is -2.61. The van der Waals surface area contributed by atoms with Gasteiger partial charge in [0.25, 0.3) is 6.71 Å². The summed E-state index contributed by atoms with van der Waals surface area (Å²) in [6.07, 6.45) is 8.34. The van der Waals surface area contributed by atoms with Gasteiger partial charge in [-0.1, -0.05) is 183 Å². The van der Waals surface area contributed by atoms with Crippen LogP contribution in [0.15, 0.2) is 121 Å². The molecule has 3 aliphatic carbocycles. The number of anilines is 8. The van der Waals surface area contributed by atoms with Crippen LogP contribution in [0.4, 0.5) is 45.5 Å². The molecule has 1 fully saturated rings. The van der Waals surface area contributed by atoms with E-state index in [2.05, 4.69) is 261 Å². The Kier molecular flexibility index (Phi) is 11.1. The largest absolute Gasteiger partial charge is 0.334 e. The fraction of sp³-hybridized carbons (Fsp3) is 0.440. The Balaban J connectivity index is 1.14. The third-order valence-corrected chi connectivity index (χ3v) is 21.5. The number of aryl methyl sites for hydroxylation is 2. The summed E-state index contributed by atoms with van der Waals surface area (Å²) in [6.45, 7) is 44.1. The minimum atomic E-state index is -0.0906. The molecule has 0 saturated heterocycles. The zero-order valence-corrected chi connectivity index (χ0v) is 51.4. The van der Waals surface area contributed by atoms with Gasteiger partial charge in [-0.05, 0) is 212 Å². The van der Waals surface area contributed by atoms with Crippen molar-refractivity contribution in [2.75, 3.05) is 14.7 Å². The second-order valence-corrected chi connectivity index (χ2v) is 30.9. The van der Waals surface area contributed by atoms with Crippen molar-refractivity contribution in [3.05, 3.63) is 171 Å². The van der Waals surface area contributed by atoms with Gasteiger partial charge in [-0.15, -0.1) is 0 Å². The molecule has 406 valence electrons. The van der Waals surface area contributed by atoms with Gasteiger partial charge in [0.2, 0.25) is 0 Å². The molecule has 79 heavy (non-hydrogen) atoms. The second kappa shape index (κ2) is 16.8. The molecule has 0 bridgehead atoms. The van der Waals surface area contributed by atoms with Gasteiger partial charge in [0.05, 0.1) is 11.2 Å². The van der Waals surface area contributed by atoms with Crippen molar-refractivity contribution >= 4 is 68.6 Å². The zero-order chi connectivity index (χ0) is 56.1. The molecule has 0 N–H and O–H groups in total. The standard InChI is InChI=1S/C75H88BN3/c1-46-36-65-67-66(37-46)78(62-43-55-53(38-47(62)2)70(9,10)34-35-71(55,11)12)63-41-51(79-61-31-27-50(69(6,7)8)40-57(61)74(17)32-22-23-33-75(74,79)18)28-29-58(63)76(67)59-42-54-56(73(15,16)45-72(54,13)14)44-64(59)77(65)60-30-26-49(68(3,4)5)39-52(60)48-24-20-19-21-25-48/h19-21,24-31,36-44H,22-23,32-35,45H2,1-18H3. The number of hydrogen-bond acceptors (Lipinski definition) is 3. The van der Waals surface area contributed by atoms with Gasteiger partial charge < -0.3 is 14.7 Å². The summed E-state index contributed by atoms with van der Waals surface area (Å²) in [7, 11) is 0. The molecule has 0 spiro atoms. The van der Waals surface area contributed by atoms with Crippen LogP contribution in [0.5, 0.6) is 0 Å². The molecular formula is C75H88BN3. The van der Waals surface area contributed by atoms with Gasteiger partial charge in [0.1, 0.15) is 0 Å². The van der Waals surface area contributed by atoms with E-state index in [1.165, 1.54) is 155 Å². The monoisotopic (exact) mass is 1040 g/mol. The quantitative estimate of drug-likeness (QED) is 0.163. The molecule has 2 atom stereocenters. The Morgan fingerprint density at radius 1 is 0.430 bits per heavy atom. The second-order valence-electron chi connectivity index (χ2n) is 30.9. The van der Waals surface area contributed by atoms with Crippen molar-refractivity contribution in [3.63, 3.8) is 0 Å². The van der Waals surface area contributed by atoms with Crippen LogP contribution in [0, 0.1) is 13.8 Å². The SMILES string of the molecule is Cc1cc2c3c(c1)N(c1ccc(C(C)(C)C)cc1-c1ccccc1)c1cc4c(cc1B3c1ccc(N3c5ccc(C(C)(C)C)cc5C5(C)CCCCC35C)cc1N2c1cc2c(cc1C)C(C)(C)CCC2(C)C)C(C)(C)CC4(C)C. The van der Waals surface area contributed by atoms with Crippen LogP contribution in [0.25, 0.3) is 11.1 Å². The van der Waals surface area contributed by atoms with E-state index in [4.69, 9.17) is 0 Å². The first kappa shape index (κ1) is 52.4. The summed E-state index contributed by atoms with van der Waals surface area (Å²) in [4.78, 5) is 8.31. The molecule has 7 aromatic rings. The van der Waals surface area contributed by atoms with E-state index in [0.29, 0.717) is 0 Å². The van der Waals surface area contributed by atoms with E-state index < -0.39 is 0 Å². The minimum absolute atomic E-state index is 0.0000322. The van der Waals surface area contributed by atoms with Crippen molar-refractivity contribution in [2.24, 2.45) is 0 Å². The smallest absolute Gasteiger partial charge is 0.252 e. The van der Waals surface area contributed by atoms with Gasteiger partial charge in [-0.25, -0.2) is 0 Å². The van der Waals surface area contributed by atoms with Crippen LogP contribution in [0.3, 0.4) is 0 Å². The van der Waals surface area contributed by atoms with E-state index >= 15 is 0 Å². The third-order valence-electron chi connectivity index (χ3n) is 21.5. The molecule has 4 heteroatoms. The van der Waals surface area contributed by atoms with Crippen molar-refractivity contribution < 1.29 is 0 Å². The van der Waals surface area contributed by atoms with Crippen LogP contribution in [0.2, 0.25) is 0 Å². The number of rotatable bonds is 4. The molecule has 1 saturated carbocycles. The molecule has 6 aliphatic rings. The van der Waals surface area contributed by atoms with E-state index in [-0.39, 0.29) is 50.2 Å². The average Bonchev–Trinajstić information content (AvgIpc) is 3.20. The predicted octanol–water partition coefficient (Wildman–Crippen LogP) is 18.7. The van der Waals surface area contributed by atoms with Gasteiger partial charge >= 0.3 is 0 Å². The maximum Gasteiger partial charge on any atom is 0.252 e. The molecule has 2 unspecified atom stereocenters. The number of fused-ring (bicyclic) bond motifs is 9. The zero-order valence-electron chi connectivity index (χ0n) is 51.4. The number of hydrogen-bond donors (Lipinski definition) is 0. The highest BCUT2D eigenvalue weighted by Crippen LogP contribution is 2.62. The van der Waals surface area contributed by atoms with Gasteiger partial charge in [0, 0.05) is 50.8 Å².